The molecule has 0 saturated carbocycles. The van der Waals surface area contributed by atoms with Crippen LogP contribution in [-0.4, -0.2) is 39.9 Å². The third-order valence-electron chi connectivity index (χ3n) is 8.30. The first-order chi connectivity index (χ1) is 20.0. The highest BCUT2D eigenvalue weighted by Gasteiger charge is 2.35. The van der Waals surface area contributed by atoms with Crippen LogP contribution in [0.5, 0.6) is 0 Å². The van der Waals surface area contributed by atoms with E-state index >= 15 is 0 Å². The molecule has 1 aromatic heterocycles. The summed E-state index contributed by atoms with van der Waals surface area (Å²) in [5, 5.41) is 5.18. The van der Waals surface area contributed by atoms with Gasteiger partial charge < -0.3 is 4.52 Å². The molecule has 7 heteroatoms. The van der Waals surface area contributed by atoms with E-state index < -0.39 is 0 Å². The van der Waals surface area contributed by atoms with Crippen LogP contribution < -0.4 is 0 Å². The molecule has 3 heterocycles. The molecule has 0 unspecified atom stereocenters. The largest absolute Gasteiger partial charge is 0.356 e. The van der Waals surface area contributed by atoms with Gasteiger partial charge in [-0.3, -0.25) is 19.4 Å². The Labute approximate surface area is 237 Å². The number of piperidine rings is 1. The molecule has 0 bridgehead atoms. The van der Waals surface area contributed by atoms with Crippen LogP contribution >= 0.6 is 0 Å². The quantitative estimate of drug-likeness (QED) is 0.219. The van der Waals surface area contributed by atoms with E-state index in [1.807, 2.05) is 24.3 Å². The van der Waals surface area contributed by atoms with Gasteiger partial charge in [0.25, 0.3) is 11.8 Å². The Bertz CT molecular complexity index is 1720. The third-order valence-corrected chi connectivity index (χ3v) is 8.30. The fourth-order valence-corrected chi connectivity index (χ4v) is 6.02. The Balaban J connectivity index is 0.951. The molecule has 2 aliphatic rings. The number of hydrogen-bond acceptors (Lipinski definition) is 5. The van der Waals surface area contributed by atoms with Crippen LogP contribution in [0, 0.1) is 5.82 Å². The van der Waals surface area contributed by atoms with E-state index in [-0.39, 0.29) is 24.2 Å². The number of carbonyl (C=O) groups excluding carboxylic acids is 2. The van der Waals surface area contributed by atoms with Crippen molar-refractivity contribution in [3.63, 3.8) is 0 Å². The molecule has 5 aromatic rings. The Morgan fingerprint density at radius 2 is 1.34 bits per heavy atom. The van der Waals surface area contributed by atoms with Crippen LogP contribution in [0.2, 0.25) is 0 Å². The number of likely N-dealkylation sites (tertiary alicyclic amines) is 1. The van der Waals surface area contributed by atoms with Crippen LogP contribution in [0.25, 0.3) is 22.1 Å². The first-order valence-corrected chi connectivity index (χ1v) is 13.9. The summed E-state index contributed by atoms with van der Waals surface area (Å²) in [4.78, 5) is 29.1. The summed E-state index contributed by atoms with van der Waals surface area (Å²) in [5.41, 5.74) is 6.78. The second kappa shape index (κ2) is 10.4. The molecular weight excluding hydrogens is 517 g/mol. The van der Waals surface area contributed by atoms with Crippen LogP contribution in [0.4, 0.5) is 4.39 Å². The molecule has 1 saturated heterocycles. The van der Waals surface area contributed by atoms with Gasteiger partial charge in [0.1, 0.15) is 5.82 Å². The highest BCUT2D eigenvalue weighted by Crippen LogP contribution is 2.33. The minimum atomic E-state index is -0.308. The maximum atomic E-state index is 13.5. The molecular formula is C34H28FN3O3. The minimum Gasteiger partial charge on any atom is -0.356 e. The summed E-state index contributed by atoms with van der Waals surface area (Å²) >= 11 is 0. The summed E-state index contributed by atoms with van der Waals surface area (Å²) in [6, 6.07) is 28.3. The van der Waals surface area contributed by atoms with Crippen molar-refractivity contribution in [3.8, 4) is 11.1 Å². The van der Waals surface area contributed by atoms with Crippen molar-refractivity contribution in [2.45, 2.75) is 31.8 Å². The Hall–Kier alpha value is -4.62. The van der Waals surface area contributed by atoms with Crippen molar-refractivity contribution in [1.29, 1.82) is 0 Å². The van der Waals surface area contributed by atoms with E-state index in [1.165, 1.54) is 22.6 Å². The lowest BCUT2D eigenvalue weighted by atomic mass is 9.91. The first kappa shape index (κ1) is 25.4. The third kappa shape index (κ3) is 4.83. The predicted octanol–water partition coefficient (Wildman–Crippen LogP) is 6.81. The van der Waals surface area contributed by atoms with Gasteiger partial charge in [-0.2, -0.15) is 0 Å². The number of fused-ring (bicyclic) bond motifs is 2. The van der Waals surface area contributed by atoms with E-state index in [0.29, 0.717) is 22.6 Å². The maximum Gasteiger partial charge on any atom is 0.261 e. The summed E-state index contributed by atoms with van der Waals surface area (Å²) in [6.45, 7) is 3.08. The molecule has 0 spiro atoms. The van der Waals surface area contributed by atoms with Gasteiger partial charge in [0.05, 0.1) is 23.4 Å². The van der Waals surface area contributed by atoms with Gasteiger partial charge in [-0.1, -0.05) is 65.8 Å². The second-order valence-corrected chi connectivity index (χ2v) is 10.9. The predicted molar refractivity (Wildman–Crippen MR) is 154 cm³/mol. The first-order valence-electron chi connectivity index (χ1n) is 13.9. The molecule has 0 atom stereocenters. The molecule has 2 amide bonds. The van der Waals surface area contributed by atoms with Crippen molar-refractivity contribution in [2.75, 3.05) is 13.1 Å². The molecule has 0 N–H and O–H groups in total. The average Bonchev–Trinajstić information content (AvgIpc) is 3.53. The smallest absolute Gasteiger partial charge is 0.261 e. The van der Waals surface area contributed by atoms with Gasteiger partial charge >= 0.3 is 0 Å². The van der Waals surface area contributed by atoms with Gasteiger partial charge in [-0.25, -0.2) is 4.39 Å². The number of carbonyl (C=O) groups is 2. The number of nitrogens with zero attached hydrogens (tertiary/aromatic N) is 3. The fourth-order valence-electron chi connectivity index (χ4n) is 6.02. The van der Waals surface area contributed by atoms with E-state index in [4.69, 9.17) is 4.52 Å². The highest BCUT2D eigenvalue weighted by atomic mass is 19.1. The van der Waals surface area contributed by atoms with E-state index in [1.54, 1.807) is 30.3 Å². The average molecular weight is 546 g/mol. The van der Waals surface area contributed by atoms with Crippen LogP contribution in [0.1, 0.15) is 56.3 Å². The van der Waals surface area contributed by atoms with Gasteiger partial charge in [-0.15, -0.1) is 0 Å². The van der Waals surface area contributed by atoms with Crippen molar-refractivity contribution in [3.05, 3.63) is 125 Å². The standard InChI is InChI=1S/C34H28FN3O3/c35-27-13-14-30-31(19-27)41-36-32(30)26-15-17-37(18-16-26)20-22-5-9-24(10-6-22)25-11-7-23(8-12-25)21-38-33(39)28-3-1-2-4-29(28)34(38)40/h1-14,19,26H,15-18,20-21H2. The van der Waals surface area contributed by atoms with Gasteiger partial charge in [-0.05, 0) is 72.5 Å². The molecule has 1 fully saturated rings. The molecule has 6 nitrogen and oxygen atoms in total. The lowest BCUT2D eigenvalue weighted by Gasteiger charge is -2.31. The zero-order valence-corrected chi connectivity index (χ0v) is 22.4. The summed E-state index contributed by atoms with van der Waals surface area (Å²) in [6.07, 6.45) is 1.98. The molecule has 0 aliphatic carbocycles. The van der Waals surface area contributed by atoms with Crippen LogP contribution in [0.15, 0.2) is 95.5 Å². The summed E-state index contributed by atoms with van der Waals surface area (Å²) < 4.78 is 18.9. The number of imide groups is 1. The SMILES string of the molecule is O=C1c2ccccc2C(=O)N1Cc1ccc(-c2ccc(CN3CCC(c4noc5cc(F)ccc45)CC3)cc2)cc1. The number of benzene rings is 4. The monoisotopic (exact) mass is 545 g/mol. The van der Waals surface area contributed by atoms with Gasteiger partial charge in [0.15, 0.2) is 5.58 Å². The molecule has 7 rings (SSSR count). The molecule has 4 aromatic carbocycles. The molecule has 204 valence electrons. The number of aromatic nitrogens is 1. The number of amides is 2. The lowest BCUT2D eigenvalue weighted by molar-refractivity contribution is 0.0642. The second-order valence-electron chi connectivity index (χ2n) is 10.9. The van der Waals surface area contributed by atoms with E-state index in [2.05, 4.69) is 34.3 Å². The number of hydrogen-bond donors (Lipinski definition) is 0. The van der Waals surface area contributed by atoms with Gasteiger partial charge in [0.2, 0.25) is 0 Å². The zero-order valence-electron chi connectivity index (χ0n) is 22.4. The van der Waals surface area contributed by atoms with E-state index in [9.17, 15) is 14.0 Å². The summed E-state index contributed by atoms with van der Waals surface area (Å²) in [7, 11) is 0. The van der Waals surface area contributed by atoms with Crippen molar-refractivity contribution >= 4 is 22.8 Å². The van der Waals surface area contributed by atoms with Crippen molar-refractivity contribution in [2.24, 2.45) is 0 Å². The molecule has 2 aliphatic heterocycles. The maximum absolute atomic E-state index is 13.5. The van der Waals surface area contributed by atoms with E-state index in [0.717, 1.165) is 60.2 Å². The van der Waals surface area contributed by atoms with Crippen molar-refractivity contribution < 1.29 is 18.5 Å². The van der Waals surface area contributed by atoms with Crippen LogP contribution in [-0.2, 0) is 13.1 Å². The summed E-state index contributed by atoms with van der Waals surface area (Å²) in [5.74, 6) is -0.464. The zero-order chi connectivity index (χ0) is 27.9. The van der Waals surface area contributed by atoms with Gasteiger partial charge in [0, 0.05) is 23.9 Å². The van der Waals surface area contributed by atoms with Crippen molar-refractivity contribution in [1.82, 2.24) is 15.0 Å². The normalized spacial score (nSPS) is 16.1. The topological polar surface area (TPSA) is 66.7 Å². The number of rotatable bonds is 6. The Kier molecular flexibility index (Phi) is 6.44. The highest BCUT2D eigenvalue weighted by molar-refractivity contribution is 6.21. The lowest BCUT2D eigenvalue weighted by Crippen LogP contribution is -2.32. The Morgan fingerprint density at radius 1 is 0.756 bits per heavy atom. The minimum absolute atomic E-state index is 0.238. The van der Waals surface area contributed by atoms with Crippen LogP contribution in [0.3, 0.4) is 0 Å². The number of halogens is 1. The fraction of sp³-hybridized carbons (Fsp3) is 0.206. The Morgan fingerprint density at radius 3 is 1.95 bits per heavy atom. The molecule has 41 heavy (non-hydrogen) atoms. The molecule has 0 radical (unpaired) electrons.